The van der Waals surface area contributed by atoms with Gasteiger partial charge in [0.2, 0.25) is 0 Å². The van der Waals surface area contributed by atoms with Crippen molar-refractivity contribution < 1.29 is 9.90 Å². The Labute approximate surface area is 149 Å². The lowest BCUT2D eigenvalue weighted by Crippen LogP contribution is -2.29. The second-order valence-corrected chi connectivity index (χ2v) is 7.15. The van der Waals surface area contributed by atoms with E-state index in [0.717, 1.165) is 42.5 Å². The van der Waals surface area contributed by atoms with Gasteiger partial charge in [0.15, 0.2) is 0 Å². The number of aliphatic hydroxyl groups excluding tert-OH is 1. The smallest absolute Gasteiger partial charge is 0.250 e. The number of nitrogens with one attached hydrogen (secondary N) is 1. The molecule has 4 N–H and O–H groups in total. The summed E-state index contributed by atoms with van der Waals surface area (Å²) >= 11 is 0. The highest BCUT2D eigenvalue weighted by molar-refractivity contribution is 6.00. The Kier molecular flexibility index (Phi) is 5.09. The summed E-state index contributed by atoms with van der Waals surface area (Å²) in [5.41, 5.74) is 11.4. The first kappa shape index (κ1) is 17.5. The number of primary amides is 1. The topological polar surface area (TPSA) is 75.3 Å². The normalized spacial score (nSPS) is 20.3. The largest absolute Gasteiger partial charge is 0.393 e. The van der Waals surface area contributed by atoms with Crippen molar-refractivity contribution in [1.29, 1.82) is 0 Å². The van der Waals surface area contributed by atoms with Gasteiger partial charge in [-0.1, -0.05) is 35.4 Å². The van der Waals surface area contributed by atoms with Gasteiger partial charge in [0.25, 0.3) is 5.91 Å². The maximum Gasteiger partial charge on any atom is 0.250 e. The van der Waals surface area contributed by atoms with E-state index in [1.54, 1.807) is 0 Å². The van der Waals surface area contributed by atoms with Crippen LogP contribution in [0.15, 0.2) is 36.4 Å². The van der Waals surface area contributed by atoms with Gasteiger partial charge in [-0.3, -0.25) is 4.79 Å². The number of rotatable bonds is 4. The molecule has 0 unspecified atom stereocenters. The lowest BCUT2D eigenvalue weighted by molar-refractivity contribution is 0.100. The molecule has 1 aliphatic carbocycles. The summed E-state index contributed by atoms with van der Waals surface area (Å²) in [6.07, 6.45) is 3.20. The molecular weight excluding hydrogens is 312 g/mol. The molecule has 0 spiro atoms. The summed E-state index contributed by atoms with van der Waals surface area (Å²) in [6.45, 7) is 4.14. The summed E-state index contributed by atoms with van der Waals surface area (Å²) in [6, 6.07) is 12.5. The average Bonchev–Trinajstić information content (AvgIpc) is 2.56. The van der Waals surface area contributed by atoms with Crippen LogP contribution in [-0.2, 0) is 0 Å². The van der Waals surface area contributed by atoms with Gasteiger partial charge in [-0.15, -0.1) is 0 Å². The zero-order valence-electron chi connectivity index (χ0n) is 14.9. The molecule has 132 valence electrons. The van der Waals surface area contributed by atoms with Crippen LogP contribution in [0.5, 0.6) is 0 Å². The summed E-state index contributed by atoms with van der Waals surface area (Å²) < 4.78 is 0. The van der Waals surface area contributed by atoms with Gasteiger partial charge in [-0.25, -0.2) is 0 Å². The van der Waals surface area contributed by atoms with E-state index in [9.17, 15) is 9.90 Å². The maximum atomic E-state index is 12.0. The molecule has 0 aromatic heterocycles. The van der Waals surface area contributed by atoms with Crippen molar-refractivity contribution in [2.75, 3.05) is 5.32 Å². The van der Waals surface area contributed by atoms with Crippen molar-refractivity contribution in [3.8, 4) is 11.1 Å². The minimum atomic E-state index is -0.426. The highest BCUT2D eigenvalue weighted by Gasteiger charge is 2.21. The standard InChI is InChI=1S/C21H26N2O2/c1-13-9-14(2)11-16(10-13)15-3-8-20(19(12-15)21(22)25)23-17-4-6-18(24)7-5-17/h3,8-12,17-18,23-24H,4-7H2,1-2H3,(H2,22,25). The van der Waals surface area contributed by atoms with E-state index >= 15 is 0 Å². The minimum absolute atomic E-state index is 0.194. The van der Waals surface area contributed by atoms with E-state index in [4.69, 9.17) is 5.73 Å². The van der Waals surface area contributed by atoms with Crippen LogP contribution in [0.2, 0.25) is 0 Å². The van der Waals surface area contributed by atoms with E-state index in [1.807, 2.05) is 18.2 Å². The van der Waals surface area contributed by atoms with E-state index in [-0.39, 0.29) is 12.1 Å². The van der Waals surface area contributed by atoms with Crippen LogP contribution >= 0.6 is 0 Å². The summed E-state index contributed by atoms with van der Waals surface area (Å²) in [4.78, 5) is 12.0. The first-order chi connectivity index (χ1) is 11.9. The first-order valence-corrected chi connectivity index (χ1v) is 8.89. The molecule has 3 rings (SSSR count). The lowest BCUT2D eigenvalue weighted by Gasteiger charge is -2.27. The molecule has 0 aliphatic heterocycles. The van der Waals surface area contributed by atoms with Crippen molar-refractivity contribution in [2.24, 2.45) is 5.73 Å². The number of carbonyl (C=O) groups is 1. The van der Waals surface area contributed by atoms with Gasteiger partial charge < -0.3 is 16.2 Å². The zero-order chi connectivity index (χ0) is 18.0. The molecule has 25 heavy (non-hydrogen) atoms. The number of benzene rings is 2. The van der Waals surface area contributed by atoms with Crippen molar-refractivity contribution >= 4 is 11.6 Å². The molecular formula is C21H26N2O2. The quantitative estimate of drug-likeness (QED) is 0.794. The monoisotopic (exact) mass is 338 g/mol. The highest BCUT2D eigenvalue weighted by Crippen LogP contribution is 2.29. The number of aryl methyl sites for hydroxylation is 2. The molecule has 0 radical (unpaired) electrons. The first-order valence-electron chi connectivity index (χ1n) is 8.89. The molecule has 0 heterocycles. The maximum absolute atomic E-state index is 12.0. The van der Waals surface area contributed by atoms with Crippen LogP contribution in [-0.4, -0.2) is 23.2 Å². The number of carbonyl (C=O) groups excluding carboxylic acids is 1. The van der Waals surface area contributed by atoms with Crippen molar-refractivity contribution in [3.05, 3.63) is 53.1 Å². The molecule has 0 bridgehead atoms. The molecule has 1 saturated carbocycles. The van der Waals surface area contributed by atoms with Crippen LogP contribution in [0.1, 0.15) is 47.2 Å². The van der Waals surface area contributed by atoms with Crippen molar-refractivity contribution in [3.63, 3.8) is 0 Å². The molecule has 1 amide bonds. The number of anilines is 1. The Bertz CT molecular complexity index is 757. The van der Waals surface area contributed by atoms with Crippen LogP contribution in [0, 0.1) is 13.8 Å². The third kappa shape index (κ3) is 4.20. The minimum Gasteiger partial charge on any atom is -0.393 e. The molecule has 1 fully saturated rings. The summed E-state index contributed by atoms with van der Waals surface area (Å²) in [5, 5.41) is 13.1. The molecule has 4 nitrogen and oxygen atoms in total. The third-order valence-electron chi connectivity index (χ3n) is 4.90. The van der Waals surface area contributed by atoms with Crippen molar-refractivity contribution in [2.45, 2.75) is 51.7 Å². The summed E-state index contributed by atoms with van der Waals surface area (Å²) in [5.74, 6) is -0.426. The fourth-order valence-corrected chi connectivity index (χ4v) is 3.63. The molecule has 0 saturated heterocycles. The van der Waals surface area contributed by atoms with Gasteiger partial charge in [0.1, 0.15) is 0 Å². The number of nitrogens with two attached hydrogens (primary N) is 1. The Hall–Kier alpha value is -2.33. The van der Waals surface area contributed by atoms with Crippen molar-refractivity contribution in [1.82, 2.24) is 0 Å². The van der Waals surface area contributed by atoms with E-state index < -0.39 is 5.91 Å². The Morgan fingerprint density at radius 2 is 1.64 bits per heavy atom. The SMILES string of the molecule is Cc1cc(C)cc(-c2ccc(NC3CCC(O)CC3)c(C(N)=O)c2)c1. The predicted octanol–water partition coefficient (Wildman–Crippen LogP) is 3.78. The van der Waals surface area contributed by atoms with Gasteiger partial charge in [0.05, 0.1) is 11.7 Å². The summed E-state index contributed by atoms with van der Waals surface area (Å²) in [7, 11) is 0. The molecule has 2 aromatic carbocycles. The van der Waals surface area contributed by atoms with E-state index in [1.165, 1.54) is 11.1 Å². The molecule has 2 aromatic rings. The highest BCUT2D eigenvalue weighted by atomic mass is 16.3. The number of hydrogen-bond donors (Lipinski definition) is 3. The lowest BCUT2D eigenvalue weighted by atomic mass is 9.92. The van der Waals surface area contributed by atoms with Crippen LogP contribution < -0.4 is 11.1 Å². The second kappa shape index (κ2) is 7.28. The molecule has 0 atom stereocenters. The zero-order valence-corrected chi connectivity index (χ0v) is 14.9. The third-order valence-corrected chi connectivity index (χ3v) is 4.90. The number of aliphatic hydroxyl groups is 1. The van der Waals surface area contributed by atoms with Gasteiger partial charge >= 0.3 is 0 Å². The van der Waals surface area contributed by atoms with Crippen LogP contribution in [0.25, 0.3) is 11.1 Å². The van der Waals surface area contributed by atoms with Gasteiger partial charge in [0, 0.05) is 11.7 Å². The number of amides is 1. The van der Waals surface area contributed by atoms with E-state index in [0.29, 0.717) is 5.56 Å². The molecule has 1 aliphatic rings. The average molecular weight is 338 g/mol. The predicted molar refractivity (Wildman–Crippen MR) is 102 cm³/mol. The van der Waals surface area contributed by atoms with Gasteiger partial charge in [-0.05, 0) is 62.8 Å². The van der Waals surface area contributed by atoms with E-state index in [2.05, 4.69) is 37.4 Å². The van der Waals surface area contributed by atoms with Crippen LogP contribution in [0.4, 0.5) is 5.69 Å². The Balaban J connectivity index is 1.89. The number of hydrogen-bond acceptors (Lipinski definition) is 3. The fourth-order valence-electron chi connectivity index (χ4n) is 3.63. The molecule has 4 heteroatoms. The fraction of sp³-hybridized carbons (Fsp3) is 0.381. The second-order valence-electron chi connectivity index (χ2n) is 7.15. The van der Waals surface area contributed by atoms with Crippen LogP contribution in [0.3, 0.4) is 0 Å². The Morgan fingerprint density at radius 1 is 1.00 bits per heavy atom. The Morgan fingerprint density at radius 3 is 2.24 bits per heavy atom. The van der Waals surface area contributed by atoms with Gasteiger partial charge in [-0.2, -0.15) is 0 Å².